The van der Waals surface area contributed by atoms with Crippen molar-refractivity contribution >= 4 is 17.9 Å². The summed E-state index contributed by atoms with van der Waals surface area (Å²) in [6, 6.07) is 0. The van der Waals surface area contributed by atoms with Gasteiger partial charge in [0.1, 0.15) is 13.2 Å². The number of hydrogen-bond acceptors (Lipinski definition) is 6. The Morgan fingerprint density at radius 3 is 0.756 bits per heavy atom. The number of allylic oxidation sites excluding steroid dienone is 22. The fraction of sp³-hybridized carbons (Fsp3) is 0.671. The summed E-state index contributed by atoms with van der Waals surface area (Å²) in [6.45, 7) is 6.49. The van der Waals surface area contributed by atoms with E-state index in [4.69, 9.17) is 14.2 Å². The van der Waals surface area contributed by atoms with Crippen LogP contribution in [0.5, 0.6) is 0 Å². The molecular formula is C76H126O6. The van der Waals surface area contributed by atoms with Gasteiger partial charge in [0.25, 0.3) is 0 Å². The zero-order chi connectivity index (χ0) is 59.2. The van der Waals surface area contributed by atoms with Crippen molar-refractivity contribution in [2.75, 3.05) is 13.2 Å². The highest BCUT2D eigenvalue weighted by atomic mass is 16.6. The Kier molecular flexibility index (Phi) is 65.3. The van der Waals surface area contributed by atoms with Crippen LogP contribution in [0.25, 0.3) is 0 Å². The van der Waals surface area contributed by atoms with Gasteiger partial charge in [-0.15, -0.1) is 0 Å². The zero-order valence-corrected chi connectivity index (χ0v) is 53.5. The highest BCUT2D eigenvalue weighted by Crippen LogP contribution is 2.15. The Balaban J connectivity index is 4.45. The Morgan fingerprint density at radius 1 is 0.256 bits per heavy atom. The number of unbranched alkanes of at least 4 members (excludes halogenated alkanes) is 28. The largest absolute Gasteiger partial charge is 0.462 e. The third-order valence-corrected chi connectivity index (χ3v) is 14.4. The molecule has 6 nitrogen and oxygen atoms in total. The van der Waals surface area contributed by atoms with Gasteiger partial charge in [-0.3, -0.25) is 14.4 Å². The molecule has 1 unspecified atom stereocenters. The Morgan fingerprint density at radius 2 is 0.476 bits per heavy atom. The predicted molar refractivity (Wildman–Crippen MR) is 357 cm³/mol. The van der Waals surface area contributed by atoms with Crippen molar-refractivity contribution in [3.05, 3.63) is 134 Å². The van der Waals surface area contributed by atoms with Crippen LogP contribution in [0.3, 0.4) is 0 Å². The van der Waals surface area contributed by atoms with Gasteiger partial charge in [-0.25, -0.2) is 0 Å². The van der Waals surface area contributed by atoms with Gasteiger partial charge in [0.2, 0.25) is 0 Å². The third kappa shape index (κ3) is 66.4. The molecule has 0 radical (unpaired) electrons. The summed E-state index contributed by atoms with van der Waals surface area (Å²) in [7, 11) is 0. The molecule has 0 spiro atoms. The summed E-state index contributed by atoms with van der Waals surface area (Å²) in [5.74, 6) is -0.925. The summed E-state index contributed by atoms with van der Waals surface area (Å²) < 4.78 is 17.0. The molecule has 0 bridgehead atoms. The van der Waals surface area contributed by atoms with Gasteiger partial charge < -0.3 is 14.2 Å². The van der Waals surface area contributed by atoms with Crippen molar-refractivity contribution < 1.29 is 28.6 Å². The fourth-order valence-corrected chi connectivity index (χ4v) is 9.25. The molecule has 0 saturated heterocycles. The van der Waals surface area contributed by atoms with E-state index < -0.39 is 6.10 Å². The molecule has 0 amide bonds. The second-order valence-corrected chi connectivity index (χ2v) is 22.3. The molecule has 0 aliphatic heterocycles. The number of esters is 3. The molecule has 0 N–H and O–H groups in total. The van der Waals surface area contributed by atoms with E-state index in [0.29, 0.717) is 19.3 Å². The van der Waals surface area contributed by atoms with E-state index in [1.807, 2.05) is 0 Å². The number of ether oxygens (including phenoxy) is 3. The van der Waals surface area contributed by atoms with E-state index in [1.54, 1.807) is 0 Å². The molecular weight excluding hydrogens is 1010 g/mol. The normalized spacial score (nSPS) is 13.0. The van der Waals surface area contributed by atoms with Crippen molar-refractivity contribution in [2.24, 2.45) is 0 Å². The van der Waals surface area contributed by atoms with Crippen molar-refractivity contribution in [1.82, 2.24) is 0 Å². The van der Waals surface area contributed by atoms with Gasteiger partial charge in [0.05, 0.1) is 0 Å². The highest BCUT2D eigenvalue weighted by molar-refractivity contribution is 5.71. The monoisotopic (exact) mass is 1130 g/mol. The van der Waals surface area contributed by atoms with E-state index >= 15 is 0 Å². The average molecular weight is 1140 g/mol. The number of rotatable bonds is 61. The Bertz CT molecular complexity index is 1730. The van der Waals surface area contributed by atoms with Crippen LogP contribution in [0.1, 0.15) is 310 Å². The van der Waals surface area contributed by atoms with Gasteiger partial charge in [-0.1, -0.05) is 283 Å². The van der Waals surface area contributed by atoms with Crippen LogP contribution < -0.4 is 0 Å². The van der Waals surface area contributed by atoms with Crippen molar-refractivity contribution in [1.29, 1.82) is 0 Å². The molecule has 0 rings (SSSR count). The van der Waals surface area contributed by atoms with Gasteiger partial charge in [-0.2, -0.15) is 0 Å². The lowest BCUT2D eigenvalue weighted by Crippen LogP contribution is -2.30. The maximum atomic E-state index is 13.0. The first-order valence-electron chi connectivity index (χ1n) is 34.2. The van der Waals surface area contributed by atoms with Crippen molar-refractivity contribution in [2.45, 2.75) is 316 Å². The van der Waals surface area contributed by atoms with Crippen molar-refractivity contribution in [3.63, 3.8) is 0 Å². The summed E-state index contributed by atoms with van der Waals surface area (Å²) in [5, 5.41) is 0. The smallest absolute Gasteiger partial charge is 0.306 e. The lowest BCUT2D eigenvalue weighted by atomic mass is 10.1. The van der Waals surface area contributed by atoms with Gasteiger partial charge >= 0.3 is 17.9 Å². The minimum absolute atomic E-state index is 0.0964. The van der Waals surface area contributed by atoms with Gasteiger partial charge in [0.15, 0.2) is 6.10 Å². The minimum atomic E-state index is -0.802. The summed E-state index contributed by atoms with van der Waals surface area (Å²) in [5.41, 5.74) is 0. The fourth-order valence-electron chi connectivity index (χ4n) is 9.25. The van der Waals surface area contributed by atoms with Crippen LogP contribution >= 0.6 is 0 Å². The molecule has 0 aromatic carbocycles. The first kappa shape index (κ1) is 77.5. The van der Waals surface area contributed by atoms with Crippen LogP contribution in [0.15, 0.2) is 134 Å². The molecule has 0 saturated carbocycles. The molecule has 0 fully saturated rings. The molecule has 82 heavy (non-hydrogen) atoms. The standard InChI is InChI=1S/C76H126O6/c1-4-7-10-13-16-19-22-25-28-31-33-35-37-38-40-41-43-45-48-51-54-57-60-63-66-69-75(78)81-72-73(71-80-74(77)68-65-62-59-56-53-50-47-30-27-24-21-18-15-12-9-6-3)82-76(79)70-67-64-61-58-55-52-49-46-44-42-39-36-34-32-29-26-23-20-17-14-11-8-5-2/h7,10,16,19,21,23-26,28,30,32-35,38-40,42-43,45,47,73H,4-6,8-9,11-15,17-18,20,22,27,29,31,36-37,41,44,46,48-72H2,1-3H3/b10-7-,19-16-,24-21-,26-23-,28-25-,34-32-,35-33-,40-38-,42-39-,45-43-,47-30-. The average Bonchev–Trinajstić information content (AvgIpc) is 3.47. The number of carbonyl (C=O) groups is 3. The quantitative estimate of drug-likeness (QED) is 0.0261. The molecule has 0 heterocycles. The first-order valence-corrected chi connectivity index (χ1v) is 34.2. The van der Waals surface area contributed by atoms with E-state index in [9.17, 15) is 14.4 Å². The summed E-state index contributed by atoms with van der Waals surface area (Å²) >= 11 is 0. The molecule has 0 aliphatic rings. The predicted octanol–water partition coefficient (Wildman–Crippen LogP) is 23.7. The number of hydrogen-bond donors (Lipinski definition) is 0. The molecule has 0 aliphatic carbocycles. The molecule has 6 heteroatoms. The highest BCUT2D eigenvalue weighted by Gasteiger charge is 2.19. The Hall–Kier alpha value is -4.45. The van der Waals surface area contributed by atoms with Crippen LogP contribution in [0.4, 0.5) is 0 Å². The maximum Gasteiger partial charge on any atom is 0.306 e. The molecule has 1 atom stereocenters. The first-order chi connectivity index (χ1) is 40.5. The summed E-state index contributed by atoms with van der Waals surface area (Å²) in [4.78, 5) is 38.4. The van der Waals surface area contributed by atoms with E-state index in [2.05, 4.69) is 154 Å². The van der Waals surface area contributed by atoms with E-state index in [1.165, 1.54) is 116 Å². The summed E-state index contributed by atoms with van der Waals surface area (Å²) in [6.07, 6.45) is 97.4. The lowest BCUT2D eigenvalue weighted by molar-refractivity contribution is -0.167. The number of carbonyl (C=O) groups excluding carboxylic acids is 3. The Labute approximate surface area is 506 Å². The zero-order valence-electron chi connectivity index (χ0n) is 53.5. The second-order valence-electron chi connectivity index (χ2n) is 22.3. The molecule has 0 aromatic heterocycles. The van der Waals surface area contributed by atoms with Crippen LogP contribution in [0.2, 0.25) is 0 Å². The van der Waals surface area contributed by atoms with Crippen molar-refractivity contribution in [3.8, 4) is 0 Å². The van der Waals surface area contributed by atoms with Gasteiger partial charge in [0, 0.05) is 19.3 Å². The van der Waals surface area contributed by atoms with Crippen LogP contribution in [0, 0.1) is 0 Å². The second kappa shape index (κ2) is 69.0. The lowest BCUT2D eigenvalue weighted by Gasteiger charge is -2.18. The van der Waals surface area contributed by atoms with E-state index in [-0.39, 0.29) is 31.1 Å². The topological polar surface area (TPSA) is 78.9 Å². The van der Waals surface area contributed by atoms with Crippen LogP contribution in [-0.2, 0) is 28.6 Å². The molecule has 466 valence electrons. The van der Waals surface area contributed by atoms with Gasteiger partial charge in [-0.05, 0) is 141 Å². The molecule has 0 aromatic rings. The SMILES string of the molecule is CC/C=C\C/C=C\C/C=C\C/C=C\C/C=C\C/C=C\CCCCCCCCC(=O)OCC(COC(=O)CCCCCCC/C=C\C/C=C\CCCCCC)OC(=O)CCCCCCCCCC/C=C\C/C=C\C/C=C\CCCCCCC. The third-order valence-electron chi connectivity index (χ3n) is 14.4. The van der Waals surface area contributed by atoms with E-state index in [0.717, 1.165) is 154 Å². The maximum absolute atomic E-state index is 13.0. The minimum Gasteiger partial charge on any atom is -0.462 e. The van der Waals surface area contributed by atoms with Crippen LogP contribution in [-0.4, -0.2) is 37.2 Å².